The van der Waals surface area contributed by atoms with Crippen molar-refractivity contribution in [2.24, 2.45) is 0 Å². The third kappa shape index (κ3) is 3.40. The van der Waals surface area contributed by atoms with Gasteiger partial charge in [0.15, 0.2) is 0 Å². The molecule has 20 heavy (non-hydrogen) atoms. The molecule has 0 amide bonds. The van der Waals surface area contributed by atoms with E-state index in [0.717, 1.165) is 6.54 Å². The average molecular weight is 268 g/mol. The summed E-state index contributed by atoms with van der Waals surface area (Å²) in [5, 5.41) is 3.59. The molecule has 0 heterocycles. The number of hydrogen-bond donors (Lipinski definition) is 1. The van der Waals surface area contributed by atoms with Crippen LogP contribution in [0.1, 0.15) is 29.7 Å². The summed E-state index contributed by atoms with van der Waals surface area (Å²) in [6.45, 7) is 5.24. The smallest absolute Gasteiger partial charge is 0.0577 e. The van der Waals surface area contributed by atoms with Crippen LogP contribution >= 0.6 is 0 Å². The van der Waals surface area contributed by atoms with Crippen molar-refractivity contribution < 1.29 is 0 Å². The quantitative estimate of drug-likeness (QED) is 0.888. The molecule has 0 fully saturated rings. The third-order valence-corrected chi connectivity index (χ3v) is 3.50. The number of anilines is 1. The van der Waals surface area contributed by atoms with Crippen molar-refractivity contribution in [2.45, 2.75) is 19.9 Å². The molecule has 1 N–H and O–H groups in total. The highest BCUT2D eigenvalue weighted by Gasteiger charge is 2.13. The Hall–Kier alpha value is -1.80. The fraction of sp³-hybridized carbons (Fsp3) is 0.333. The molecule has 2 rings (SSSR count). The van der Waals surface area contributed by atoms with E-state index in [9.17, 15) is 0 Å². The monoisotopic (exact) mass is 268 g/mol. The van der Waals surface area contributed by atoms with Gasteiger partial charge in [-0.2, -0.15) is 0 Å². The van der Waals surface area contributed by atoms with Gasteiger partial charge in [-0.15, -0.1) is 0 Å². The molecule has 2 aromatic rings. The van der Waals surface area contributed by atoms with Gasteiger partial charge in [-0.25, -0.2) is 0 Å². The van der Waals surface area contributed by atoms with Crippen molar-refractivity contribution in [3.05, 3.63) is 65.2 Å². The molecule has 0 saturated carbocycles. The minimum Gasteiger partial charge on any atom is -0.378 e. The summed E-state index contributed by atoms with van der Waals surface area (Å²) in [7, 11) is 4.15. The predicted octanol–water partition coefficient (Wildman–Crippen LogP) is 3.76. The highest BCUT2D eigenvalue weighted by atomic mass is 15.1. The van der Waals surface area contributed by atoms with Crippen LogP contribution in [0.4, 0.5) is 5.69 Å². The Balaban J connectivity index is 2.40. The van der Waals surface area contributed by atoms with Gasteiger partial charge < -0.3 is 10.2 Å². The largest absolute Gasteiger partial charge is 0.378 e. The second kappa shape index (κ2) is 6.58. The maximum atomic E-state index is 3.59. The van der Waals surface area contributed by atoms with Gasteiger partial charge in [0.25, 0.3) is 0 Å². The van der Waals surface area contributed by atoms with Crippen molar-refractivity contribution in [3.63, 3.8) is 0 Å². The van der Waals surface area contributed by atoms with Gasteiger partial charge in [0.2, 0.25) is 0 Å². The van der Waals surface area contributed by atoms with E-state index in [0.29, 0.717) is 0 Å². The Kier molecular flexibility index (Phi) is 4.80. The van der Waals surface area contributed by atoms with Gasteiger partial charge in [-0.3, -0.25) is 0 Å². The van der Waals surface area contributed by atoms with Crippen LogP contribution in [0.15, 0.2) is 48.5 Å². The zero-order valence-corrected chi connectivity index (χ0v) is 12.9. The molecule has 0 aliphatic carbocycles. The first-order valence-corrected chi connectivity index (χ1v) is 7.19. The van der Waals surface area contributed by atoms with Crippen LogP contribution in [0.25, 0.3) is 0 Å². The van der Waals surface area contributed by atoms with Crippen molar-refractivity contribution in [3.8, 4) is 0 Å². The maximum Gasteiger partial charge on any atom is 0.0577 e. The molecule has 0 aromatic heterocycles. The fourth-order valence-electron chi connectivity index (χ4n) is 2.46. The number of nitrogens with zero attached hydrogens (tertiary/aromatic N) is 1. The Morgan fingerprint density at radius 2 is 1.65 bits per heavy atom. The average Bonchev–Trinajstić information content (AvgIpc) is 2.45. The predicted molar refractivity (Wildman–Crippen MR) is 87.5 cm³/mol. The van der Waals surface area contributed by atoms with Crippen LogP contribution in [-0.2, 0) is 0 Å². The lowest BCUT2D eigenvalue weighted by Gasteiger charge is -2.21. The summed E-state index contributed by atoms with van der Waals surface area (Å²) in [5.74, 6) is 0. The zero-order chi connectivity index (χ0) is 14.5. The molecule has 2 nitrogen and oxygen atoms in total. The van der Waals surface area contributed by atoms with Crippen molar-refractivity contribution in [1.82, 2.24) is 5.32 Å². The Morgan fingerprint density at radius 1 is 1.00 bits per heavy atom. The summed E-state index contributed by atoms with van der Waals surface area (Å²) in [6.07, 6.45) is 0. The molecule has 2 aromatic carbocycles. The van der Waals surface area contributed by atoms with E-state index >= 15 is 0 Å². The minimum absolute atomic E-state index is 0.250. The van der Waals surface area contributed by atoms with Crippen LogP contribution in [0.2, 0.25) is 0 Å². The summed E-state index contributed by atoms with van der Waals surface area (Å²) < 4.78 is 0. The zero-order valence-electron chi connectivity index (χ0n) is 12.9. The van der Waals surface area contributed by atoms with Gasteiger partial charge in [0, 0.05) is 19.8 Å². The van der Waals surface area contributed by atoms with E-state index in [1.807, 2.05) is 0 Å². The lowest BCUT2D eigenvalue weighted by molar-refractivity contribution is 0.630. The number of nitrogens with one attached hydrogen (secondary N) is 1. The van der Waals surface area contributed by atoms with Crippen LogP contribution in [0.3, 0.4) is 0 Å². The third-order valence-electron chi connectivity index (χ3n) is 3.50. The molecular formula is C18H24N2. The van der Waals surface area contributed by atoms with Crippen LogP contribution in [0, 0.1) is 6.92 Å². The molecule has 1 unspecified atom stereocenters. The molecule has 0 spiro atoms. The van der Waals surface area contributed by atoms with Crippen LogP contribution in [-0.4, -0.2) is 20.6 Å². The Morgan fingerprint density at radius 3 is 2.25 bits per heavy atom. The summed E-state index contributed by atoms with van der Waals surface area (Å²) >= 11 is 0. The summed E-state index contributed by atoms with van der Waals surface area (Å²) in [4.78, 5) is 2.14. The van der Waals surface area contributed by atoms with Crippen molar-refractivity contribution >= 4 is 5.69 Å². The van der Waals surface area contributed by atoms with Gasteiger partial charge in [0.1, 0.15) is 0 Å². The van der Waals surface area contributed by atoms with E-state index in [4.69, 9.17) is 0 Å². The lowest BCUT2D eigenvalue weighted by atomic mass is 9.97. The van der Waals surface area contributed by atoms with Gasteiger partial charge in [-0.1, -0.05) is 48.9 Å². The molecule has 0 radical (unpaired) electrons. The maximum absolute atomic E-state index is 3.59. The summed E-state index contributed by atoms with van der Waals surface area (Å²) in [6, 6.07) is 17.7. The van der Waals surface area contributed by atoms with Crippen molar-refractivity contribution in [2.75, 3.05) is 25.5 Å². The molecule has 1 atom stereocenters. The van der Waals surface area contributed by atoms with Gasteiger partial charge in [0.05, 0.1) is 6.04 Å². The van der Waals surface area contributed by atoms with E-state index < -0.39 is 0 Å². The highest BCUT2D eigenvalue weighted by Crippen LogP contribution is 2.25. The van der Waals surface area contributed by atoms with E-state index in [1.165, 1.54) is 22.4 Å². The number of benzene rings is 2. The molecule has 106 valence electrons. The van der Waals surface area contributed by atoms with Gasteiger partial charge >= 0.3 is 0 Å². The SMILES string of the molecule is CCNC(c1cccc(C)c1)c1cccc(N(C)C)c1. The first-order valence-electron chi connectivity index (χ1n) is 7.19. The van der Waals surface area contributed by atoms with E-state index in [1.54, 1.807) is 0 Å². The van der Waals surface area contributed by atoms with Crippen LogP contribution in [0.5, 0.6) is 0 Å². The minimum atomic E-state index is 0.250. The van der Waals surface area contributed by atoms with E-state index in [-0.39, 0.29) is 6.04 Å². The lowest BCUT2D eigenvalue weighted by Crippen LogP contribution is -2.22. The molecule has 0 aliphatic rings. The Labute approximate surface area is 122 Å². The second-order valence-electron chi connectivity index (χ2n) is 5.39. The topological polar surface area (TPSA) is 15.3 Å². The molecule has 0 saturated heterocycles. The van der Waals surface area contributed by atoms with Crippen molar-refractivity contribution in [1.29, 1.82) is 0 Å². The first-order chi connectivity index (χ1) is 9.61. The van der Waals surface area contributed by atoms with Gasteiger partial charge in [-0.05, 0) is 36.7 Å². The van der Waals surface area contributed by atoms with E-state index in [2.05, 4.69) is 86.7 Å². The number of aryl methyl sites for hydroxylation is 1. The molecule has 0 aliphatic heterocycles. The Bertz CT molecular complexity index is 561. The van der Waals surface area contributed by atoms with Crippen LogP contribution < -0.4 is 10.2 Å². The fourth-order valence-corrected chi connectivity index (χ4v) is 2.46. The number of rotatable bonds is 5. The summed E-state index contributed by atoms with van der Waals surface area (Å²) in [5.41, 5.74) is 5.17. The standard InChI is InChI=1S/C18H24N2/c1-5-19-18(15-9-6-8-14(2)12-15)16-10-7-11-17(13-16)20(3)4/h6-13,18-19H,5H2,1-4H3. The first kappa shape index (κ1) is 14.6. The number of hydrogen-bond acceptors (Lipinski definition) is 2. The second-order valence-corrected chi connectivity index (χ2v) is 5.39. The normalized spacial score (nSPS) is 12.2. The molecular weight excluding hydrogens is 244 g/mol. The highest BCUT2D eigenvalue weighted by molar-refractivity contribution is 5.49. The molecule has 2 heteroatoms. The molecule has 0 bridgehead atoms.